The maximum absolute atomic E-state index is 11.7. The Bertz CT molecular complexity index is 439. The molecule has 0 unspecified atom stereocenters. The molecule has 1 fully saturated rings. The number of nitrogens with zero attached hydrogens (tertiary/aromatic N) is 1. The summed E-state index contributed by atoms with van der Waals surface area (Å²) in [5.74, 6) is 0.324. The molecule has 1 heterocycles. The fraction of sp³-hybridized carbons (Fsp3) is 0.650. The molecule has 124 valence electrons. The first-order chi connectivity index (χ1) is 10.5. The van der Waals surface area contributed by atoms with Crippen molar-refractivity contribution in [2.75, 3.05) is 13.1 Å². The number of allylic oxidation sites excluding steroid dienone is 5. The fourth-order valence-electron chi connectivity index (χ4n) is 2.66. The highest BCUT2D eigenvalue weighted by molar-refractivity contribution is 5.76. The van der Waals surface area contributed by atoms with E-state index >= 15 is 0 Å². The fourth-order valence-corrected chi connectivity index (χ4v) is 2.66. The van der Waals surface area contributed by atoms with Crippen LogP contribution in [0.15, 0.2) is 34.9 Å². The lowest BCUT2D eigenvalue weighted by atomic mass is 10.1. The third-order valence-electron chi connectivity index (χ3n) is 4.20. The van der Waals surface area contributed by atoms with E-state index in [-0.39, 0.29) is 0 Å². The van der Waals surface area contributed by atoms with Gasteiger partial charge in [0.05, 0.1) is 0 Å². The van der Waals surface area contributed by atoms with Crippen LogP contribution in [0.4, 0.5) is 0 Å². The van der Waals surface area contributed by atoms with Gasteiger partial charge in [-0.05, 0) is 66.2 Å². The Kier molecular flexibility index (Phi) is 8.88. The molecular formula is C20H33NO. The molecule has 1 amide bonds. The minimum atomic E-state index is 0.324. The number of rotatable bonds is 8. The molecule has 1 saturated heterocycles. The Morgan fingerprint density at radius 3 is 2.23 bits per heavy atom. The maximum atomic E-state index is 11.7. The molecule has 1 aliphatic heterocycles. The van der Waals surface area contributed by atoms with Crippen molar-refractivity contribution in [1.82, 2.24) is 4.90 Å². The van der Waals surface area contributed by atoms with Crippen LogP contribution in [0.25, 0.3) is 0 Å². The van der Waals surface area contributed by atoms with Crippen LogP contribution in [0.3, 0.4) is 0 Å². The molecule has 0 spiro atoms. The SMILES string of the molecule is CC(C)=CCC/C(C)=C/CC/C(C)=C/CN1CCCCC1=O. The van der Waals surface area contributed by atoms with E-state index in [1.807, 2.05) is 4.90 Å². The van der Waals surface area contributed by atoms with Crippen molar-refractivity contribution in [2.45, 2.75) is 72.6 Å². The third kappa shape index (κ3) is 8.21. The molecule has 1 aliphatic rings. The van der Waals surface area contributed by atoms with E-state index in [4.69, 9.17) is 0 Å². The summed E-state index contributed by atoms with van der Waals surface area (Å²) >= 11 is 0. The molecule has 0 aromatic carbocycles. The van der Waals surface area contributed by atoms with E-state index < -0.39 is 0 Å². The van der Waals surface area contributed by atoms with Crippen molar-refractivity contribution < 1.29 is 4.79 Å². The van der Waals surface area contributed by atoms with Gasteiger partial charge in [-0.15, -0.1) is 0 Å². The van der Waals surface area contributed by atoms with Crippen LogP contribution in [-0.2, 0) is 4.79 Å². The molecule has 1 rings (SSSR count). The van der Waals surface area contributed by atoms with Crippen molar-refractivity contribution in [3.8, 4) is 0 Å². The summed E-state index contributed by atoms with van der Waals surface area (Å²) in [4.78, 5) is 13.7. The summed E-state index contributed by atoms with van der Waals surface area (Å²) in [5.41, 5.74) is 4.28. The Labute approximate surface area is 137 Å². The highest BCUT2D eigenvalue weighted by Crippen LogP contribution is 2.13. The largest absolute Gasteiger partial charge is 0.339 e. The van der Waals surface area contributed by atoms with Gasteiger partial charge in [-0.3, -0.25) is 4.79 Å². The second-order valence-electron chi connectivity index (χ2n) is 6.76. The second kappa shape index (κ2) is 10.4. The number of likely N-dealkylation sites (tertiary alicyclic amines) is 1. The first-order valence-electron chi connectivity index (χ1n) is 8.71. The second-order valence-corrected chi connectivity index (χ2v) is 6.76. The molecule has 0 aromatic heterocycles. The molecule has 0 N–H and O–H groups in total. The van der Waals surface area contributed by atoms with E-state index in [0.29, 0.717) is 5.91 Å². The number of carbonyl (C=O) groups is 1. The van der Waals surface area contributed by atoms with E-state index in [1.54, 1.807) is 0 Å². The van der Waals surface area contributed by atoms with Crippen LogP contribution in [0.5, 0.6) is 0 Å². The van der Waals surface area contributed by atoms with Gasteiger partial charge in [-0.25, -0.2) is 0 Å². The van der Waals surface area contributed by atoms with Gasteiger partial charge in [0.1, 0.15) is 0 Å². The molecule has 0 aromatic rings. The molecule has 0 aliphatic carbocycles. The number of hydrogen-bond donors (Lipinski definition) is 0. The summed E-state index contributed by atoms with van der Waals surface area (Å²) in [6.45, 7) is 10.4. The monoisotopic (exact) mass is 303 g/mol. The van der Waals surface area contributed by atoms with Crippen molar-refractivity contribution in [3.05, 3.63) is 34.9 Å². The lowest BCUT2D eigenvalue weighted by Gasteiger charge is -2.25. The highest BCUT2D eigenvalue weighted by atomic mass is 16.2. The van der Waals surface area contributed by atoms with Crippen LogP contribution in [0.1, 0.15) is 72.6 Å². The van der Waals surface area contributed by atoms with Crippen molar-refractivity contribution in [1.29, 1.82) is 0 Å². The lowest BCUT2D eigenvalue weighted by molar-refractivity contribution is -0.132. The van der Waals surface area contributed by atoms with Gasteiger partial charge in [0.25, 0.3) is 0 Å². The Morgan fingerprint density at radius 1 is 0.955 bits per heavy atom. The van der Waals surface area contributed by atoms with E-state index in [2.05, 4.69) is 45.9 Å². The molecular weight excluding hydrogens is 270 g/mol. The average Bonchev–Trinajstić information content (AvgIpc) is 2.46. The standard InChI is InChI=1S/C20H33NO/c1-17(2)9-7-10-18(3)11-8-12-19(4)14-16-21-15-6-5-13-20(21)22/h9,11,14H,5-8,10,12-13,15-16H2,1-4H3/b18-11+,19-14+. The summed E-state index contributed by atoms with van der Waals surface area (Å²) in [5, 5.41) is 0. The number of hydrogen-bond acceptors (Lipinski definition) is 1. The van der Waals surface area contributed by atoms with E-state index in [0.717, 1.165) is 58.0 Å². The highest BCUT2D eigenvalue weighted by Gasteiger charge is 2.16. The normalized spacial score (nSPS) is 16.9. The molecule has 0 radical (unpaired) electrons. The van der Waals surface area contributed by atoms with Crippen LogP contribution in [-0.4, -0.2) is 23.9 Å². The van der Waals surface area contributed by atoms with Crippen LogP contribution in [0, 0.1) is 0 Å². The number of amides is 1. The first-order valence-corrected chi connectivity index (χ1v) is 8.71. The Hall–Kier alpha value is -1.31. The molecule has 0 saturated carbocycles. The zero-order chi connectivity index (χ0) is 16.4. The molecule has 0 bridgehead atoms. The van der Waals surface area contributed by atoms with Gasteiger partial charge in [-0.2, -0.15) is 0 Å². The molecule has 2 heteroatoms. The summed E-state index contributed by atoms with van der Waals surface area (Å²) in [7, 11) is 0. The summed E-state index contributed by atoms with van der Waals surface area (Å²) in [6.07, 6.45) is 14.4. The van der Waals surface area contributed by atoms with Crippen LogP contribution < -0.4 is 0 Å². The molecule has 2 nitrogen and oxygen atoms in total. The Balaban J connectivity index is 2.26. The quantitative estimate of drug-likeness (QED) is 0.548. The number of piperidine rings is 1. The summed E-state index contributed by atoms with van der Waals surface area (Å²) < 4.78 is 0. The van der Waals surface area contributed by atoms with Gasteiger partial charge in [0.2, 0.25) is 5.91 Å². The van der Waals surface area contributed by atoms with Crippen LogP contribution in [0.2, 0.25) is 0 Å². The van der Waals surface area contributed by atoms with Crippen molar-refractivity contribution in [3.63, 3.8) is 0 Å². The predicted octanol–water partition coefficient (Wildman–Crippen LogP) is 5.42. The third-order valence-corrected chi connectivity index (χ3v) is 4.20. The van der Waals surface area contributed by atoms with Gasteiger partial charge < -0.3 is 4.90 Å². The zero-order valence-electron chi connectivity index (χ0n) is 15.0. The minimum absolute atomic E-state index is 0.324. The van der Waals surface area contributed by atoms with E-state index in [1.165, 1.54) is 16.7 Å². The van der Waals surface area contributed by atoms with Crippen molar-refractivity contribution in [2.24, 2.45) is 0 Å². The maximum Gasteiger partial charge on any atom is 0.222 e. The zero-order valence-corrected chi connectivity index (χ0v) is 15.0. The average molecular weight is 303 g/mol. The topological polar surface area (TPSA) is 20.3 Å². The Morgan fingerprint density at radius 2 is 1.59 bits per heavy atom. The van der Waals surface area contributed by atoms with Gasteiger partial charge in [-0.1, -0.05) is 34.9 Å². The first kappa shape index (κ1) is 18.7. The predicted molar refractivity (Wildman–Crippen MR) is 95.8 cm³/mol. The van der Waals surface area contributed by atoms with Crippen LogP contribution >= 0.6 is 0 Å². The molecule has 22 heavy (non-hydrogen) atoms. The van der Waals surface area contributed by atoms with Crippen molar-refractivity contribution >= 4 is 5.91 Å². The van der Waals surface area contributed by atoms with Gasteiger partial charge in [0, 0.05) is 19.5 Å². The van der Waals surface area contributed by atoms with Gasteiger partial charge >= 0.3 is 0 Å². The molecule has 0 atom stereocenters. The number of carbonyl (C=O) groups excluding carboxylic acids is 1. The summed E-state index contributed by atoms with van der Waals surface area (Å²) in [6, 6.07) is 0. The lowest BCUT2D eigenvalue weighted by Crippen LogP contribution is -2.35. The van der Waals surface area contributed by atoms with E-state index in [9.17, 15) is 4.79 Å². The minimum Gasteiger partial charge on any atom is -0.339 e. The van der Waals surface area contributed by atoms with Gasteiger partial charge in [0.15, 0.2) is 0 Å². The smallest absolute Gasteiger partial charge is 0.222 e.